The fourth-order valence-electron chi connectivity index (χ4n) is 6.63. The smallest absolute Gasteiger partial charge is 0.255 e. The van der Waals surface area contributed by atoms with Crippen molar-refractivity contribution in [3.63, 3.8) is 0 Å². The molecule has 1 aromatic carbocycles. The van der Waals surface area contributed by atoms with Crippen molar-refractivity contribution in [2.75, 3.05) is 32.5 Å². The van der Waals surface area contributed by atoms with Gasteiger partial charge in [0.15, 0.2) is 17.1 Å². The Balaban J connectivity index is 1.59. The van der Waals surface area contributed by atoms with Crippen molar-refractivity contribution < 1.29 is 44.7 Å². The van der Waals surface area contributed by atoms with Crippen LogP contribution in [0.1, 0.15) is 41.6 Å². The van der Waals surface area contributed by atoms with Crippen molar-refractivity contribution in [1.29, 1.82) is 0 Å². The number of anilines is 1. The third kappa shape index (κ3) is 4.22. The van der Waals surface area contributed by atoms with Gasteiger partial charge in [0.25, 0.3) is 5.91 Å². The number of aliphatic hydroxyl groups excluding tert-OH is 3. The second-order valence-corrected chi connectivity index (χ2v) is 11.6. The Morgan fingerprint density at radius 2 is 1.80 bits per heavy atom. The summed E-state index contributed by atoms with van der Waals surface area (Å²) in [6.07, 6.45) is 0.541. The lowest BCUT2D eigenvalue weighted by Crippen LogP contribution is -2.68. The van der Waals surface area contributed by atoms with E-state index in [9.17, 15) is 44.7 Å². The molecule has 220 valence electrons. The number of aromatic hydroxyl groups is 1. The van der Waals surface area contributed by atoms with E-state index in [-0.39, 0.29) is 17.8 Å². The minimum absolute atomic E-state index is 0.0102. The highest BCUT2D eigenvalue weighted by Gasteiger charge is 2.67. The molecule has 13 heteroatoms. The number of carbonyl (C=O) groups excluding carboxylic acids is 4. The van der Waals surface area contributed by atoms with Gasteiger partial charge in [-0.05, 0) is 56.9 Å². The van der Waals surface area contributed by atoms with Crippen LogP contribution >= 0.6 is 0 Å². The SMILES string of the molecule is CC1c2ccc(NC(=O)CNCC3CC3)c(O)c2C(=O)C2=C(O)C3(O)C(=O)C(C(N)=O)=C(O)[C@@H](N(C)C)C3C(O)C21. The minimum atomic E-state index is -2.99. The fourth-order valence-corrected chi connectivity index (χ4v) is 6.63. The van der Waals surface area contributed by atoms with E-state index in [0.29, 0.717) is 18.0 Å². The highest BCUT2D eigenvalue weighted by molar-refractivity contribution is 6.25. The molecule has 0 aliphatic heterocycles. The molecular formula is C28H34N4O9. The van der Waals surface area contributed by atoms with Gasteiger partial charge >= 0.3 is 0 Å². The number of amides is 2. The number of phenolic OH excluding ortho intramolecular Hbond substituents is 1. The molecule has 5 rings (SSSR count). The zero-order chi connectivity index (χ0) is 30.1. The molecule has 0 spiro atoms. The van der Waals surface area contributed by atoms with Gasteiger partial charge in [-0.3, -0.25) is 24.1 Å². The van der Waals surface area contributed by atoms with Crippen LogP contribution in [0.4, 0.5) is 5.69 Å². The van der Waals surface area contributed by atoms with Gasteiger partial charge in [-0.1, -0.05) is 13.0 Å². The van der Waals surface area contributed by atoms with Gasteiger partial charge in [0.2, 0.25) is 11.7 Å². The van der Waals surface area contributed by atoms with E-state index >= 15 is 0 Å². The largest absolute Gasteiger partial charge is 0.510 e. The topological polar surface area (TPSA) is 223 Å². The molecule has 0 radical (unpaired) electrons. The zero-order valence-corrected chi connectivity index (χ0v) is 22.8. The Bertz CT molecular complexity index is 1430. The average molecular weight is 571 g/mol. The van der Waals surface area contributed by atoms with E-state index in [1.165, 1.54) is 31.1 Å². The van der Waals surface area contributed by atoms with Gasteiger partial charge in [0, 0.05) is 11.5 Å². The number of nitrogens with two attached hydrogens (primary N) is 1. The number of hydrogen-bond acceptors (Lipinski definition) is 11. The maximum atomic E-state index is 13.9. The second-order valence-electron chi connectivity index (χ2n) is 11.6. The monoisotopic (exact) mass is 570 g/mol. The van der Waals surface area contributed by atoms with E-state index in [2.05, 4.69) is 10.6 Å². The molecule has 0 heterocycles. The van der Waals surface area contributed by atoms with E-state index in [4.69, 9.17) is 5.73 Å². The number of nitrogens with one attached hydrogen (secondary N) is 2. The molecule has 2 amide bonds. The number of nitrogens with zero attached hydrogens (tertiary/aromatic N) is 1. The fraction of sp³-hybridized carbons (Fsp3) is 0.500. The number of primary amides is 1. The molecule has 5 unspecified atom stereocenters. The Hall–Kier alpha value is -3.78. The van der Waals surface area contributed by atoms with E-state index in [0.717, 1.165) is 12.8 Å². The lowest BCUT2D eigenvalue weighted by molar-refractivity contribution is -0.162. The first-order chi connectivity index (χ1) is 19.2. The molecular weight excluding hydrogens is 536 g/mol. The van der Waals surface area contributed by atoms with E-state index < -0.39 is 87.3 Å². The molecule has 9 N–H and O–H groups in total. The van der Waals surface area contributed by atoms with Crippen LogP contribution in [0, 0.1) is 17.8 Å². The van der Waals surface area contributed by atoms with Crippen LogP contribution in [-0.4, -0.2) is 98.7 Å². The Kier molecular flexibility index (Phi) is 6.97. The van der Waals surface area contributed by atoms with Crippen LogP contribution in [0.5, 0.6) is 5.75 Å². The van der Waals surface area contributed by atoms with Crippen molar-refractivity contribution in [2.24, 2.45) is 23.5 Å². The van der Waals surface area contributed by atoms with Gasteiger partial charge in [0.05, 0.1) is 35.9 Å². The summed E-state index contributed by atoms with van der Waals surface area (Å²) in [6, 6.07) is 1.61. The third-order valence-electron chi connectivity index (χ3n) is 8.82. The number of aliphatic hydroxyl groups is 4. The third-order valence-corrected chi connectivity index (χ3v) is 8.82. The summed E-state index contributed by atoms with van der Waals surface area (Å²) in [7, 11) is 2.94. The van der Waals surface area contributed by atoms with Gasteiger partial charge in [-0.15, -0.1) is 0 Å². The summed E-state index contributed by atoms with van der Waals surface area (Å²) in [5, 5.41) is 62.3. The van der Waals surface area contributed by atoms with E-state index in [1.54, 1.807) is 6.92 Å². The molecule has 6 atom stereocenters. The Morgan fingerprint density at radius 3 is 2.39 bits per heavy atom. The van der Waals surface area contributed by atoms with Crippen molar-refractivity contribution >= 4 is 29.1 Å². The van der Waals surface area contributed by atoms with Crippen LogP contribution in [-0.2, 0) is 14.4 Å². The number of rotatable bonds is 7. The second kappa shape index (κ2) is 9.94. The van der Waals surface area contributed by atoms with Crippen LogP contribution in [0.2, 0.25) is 0 Å². The minimum Gasteiger partial charge on any atom is -0.510 e. The number of carbonyl (C=O) groups is 4. The summed E-state index contributed by atoms with van der Waals surface area (Å²) in [5.74, 6) is -9.61. The molecule has 0 bridgehead atoms. The molecule has 0 aromatic heterocycles. The number of phenols is 1. The first kappa shape index (κ1) is 28.7. The van der Waals surface area contributed by atoms with E-state index in [1.807, 2.05) is 0 Å². The van der Waals surface area contributed by atoms with Gasteiger partial charge in [0.1, 0.15) is 17.1 Å². The normalized spacial score (nSPS) is 31.1. The van der Waals surface area contributed by atoms with Crippen molar-refractivity contribution in [3.8, 4) is 5.75 Å². The van der Waals surface area contributed by atoms with Gasteiger partial charge < -0.3 is 41.9 Å². The number of hydrogen-bond donors (Lipinski definition) is 8. The molecule has 13 nitrogen and oxygen atoms in total. The zero-order valence-electron chi connectivity index (χ0n) is 22.8. The lowest BCUT2D eigenvalue weighted by atomic mass is 9.55. The summed E-state index contributed by atoms with van der Waals surface area (Å²) in [6.45, 7) is 2.32. The highest BCUT2D eigenvalue weighted by Crippen LogP contribution is 2.56. The molecule has 41 heavy (non-hydrogen) atoms. The Labute approximate surface area is 235 Å². The van der Waals surface area contributed by atoms with Crippen molar-refractivity contribution in [1.82, 2.24) is 10.2 Å². The first-order valence-electron chi connectivity index (χ1n) is 13.4. The Morgan fingerprint density at radius 1 is 1.15 bits per heavy atom. The first-order valence-corrected chi connectivity index (χ1v) is 13.4. The molecule has 0 saturated heterocycles. The predicted molar refractivity (Wildman–Crippen MR) is 144 cm³/mol. The summed E-state index contributed by atoms with van der Waals surface area (Å²) in [4.78, 5) is 53.3. The number of benzene rings is 1. The van der Waals surface area contributed by atoms with Gasteiger partial charge in [-0.2, -0.15) is 0 Å². The van der Waals surface area contributed by atoms with Crippen molar-refractivity contribution in [2.45, 2.75) is 43.4 Å². The molecule has 4 aliphatic rings. The van der Waals surface area contributed by atoms with Crippen LogP contribution < -0.4 is 16.4 Å². The summed E-state index contributed by atoms with van der Waals surface area (Å²) in [5.41, 5.74) is 0.855. The van der Waals surface area contributed by atoms with Gasteiger partial charge in [-0.25, -0.2) is 0 Å². The standard InChI is InChI=1S/C28H34N4O9/c1-10-12-6-7-13(31-14(33)9-30-8-11-4-5-11)21(34)16(12)22(35)17-15(10)23(36)19-20(32(2)3)24(37)18(27(29)40)26(39)28(19,41)25(17)38/h6-7,10-11,15,19-20,23,30,34,36-38,41H,4-5,8-9H2,1-3H3,(H2,29,40)(H,31,33)/t10?,15?,19?,20-,23?,28?/m0/s1. The highest BCUT2D eigenvalue weighted by atomic mass is 16.4. The van der Waals surface area contributed by atoms with Crippen LogP contribution in [0.25, 0.3) is 0 Å². The molecule has 1 aromatic rings. The number of ketones is 2. The average Bonchev–Trinajstić information content (AvgIpc) is 3.71. The number of Topliss-reactive ketones (excluding diaryl/α,β-unsaturated/α-hetero) is 2. The molecule has 1 fully saturated rings. The summed E-state index contributed by atoms with van der Waals surface area (Å²) < 4.78 is 0. The van der Waals surface area contributed by atoms with Crippen LogP contribution in [0.3, 0.4) is 0 Å². The van der Waals surface area contributed by atoms with Crippen LogP contribution in [0.15, 0.2) is 34.8 Å². The summed E-state index contributed by atoms with van der Waals surface area (Å²) >= 11 is 0. The quantitative estimate of drug-likeness (QED) is 0.155. The maximum absolute atomic E-state index is 13.9. The predicted octanol–water partition coefficient (Wildman–Crippen LogP) is -0.409. The van der Waals surface area contributed by atoms with Crippen molar-refractivity contribution in [3.05, 3.63) is 45.9 Å². The number of fused-ring (bicyclic) bond motifs is 3. The molecule has 4 aliphatic carbocycles. The maximum Gasteiger partial charge on any atom is 0.255 e. The number of likely N-dealkylation sites (N-methyl/N-ethyl adjacent to an activating group) is 1. The molecule has 1 saturated carbocycles. The lowest BCUT2D eigenvalue weighted by Gasteiger charge is -2.53.